The molecule has 2 rings (SSSR count). The predicted octanol–water partition coefficient (Wildman–Crippen LogP) is 2.97. The summed E-state index contributed by atoms with van der Waals surface area (Å²) in [6.07, 6.45) is 1.51. The molecule has 0 bridgehead atoms. The van der Waals surface area contributed by atoms with Crippen LogP contribution in [0.2, 0.25) is 0 Å². The summed E-state index contributed by atoms with van der Waals surface area (Å²) in [7, 11) is 1.40. The van der Waals surface area contributed by atoms with Gasteiger partial charge in [0.1, 0.15) is 17.2 Å². The van der Waals surface area contributed by atoms with E-state index in [0.717, 1.165) is 18.9 Å². The maximum Gasteiger partial charge on any atom is 0.146 e. The van der Waals surface area contributed by atoms with Gasteiger partial charge in [-0.25, -0.2) is 8.78 Å². The molecule has 1 unspecified atom stereocenters. The van der Waals surface area contributed by atoms with E-state index in [4.69, 9.17) is 4.74 Å². The van der Waals surface area contributed by atoms with Gasteiger partial charge in [0.15, 0.2) is 0 Å². The normalized spacial score (nSPS) is 19.1. The predicted molar refractivity (Wildman–Crippen MR) is 62.6 cm³/mol. The Labute approximate surface area is 107 Å². The quantitative estimate of drug-likeness (QED) is 0.867. The van der Waals surface area contributed by atoms with Crippen molar-refractivity contribution >= 4 is 15.9 Å². The van der Waals surface area contributed by atoms with Crippen LogP contribution in [0.4, 0.5) is 8.78 Å². The average Bonchev–Trinajstić information content (AvgIpc) is 3.08. The zero-order valence-electron chi connectivity index (χ0n) is 9.34. The molecule has 1 saturated carbocycles. The van der Waals surface area contributed by atoms with Gasteiger partial charge in [-0.3, -0.25) is 0 Å². The van der Waals surface area contributed by atoms with Crippen LogP contribution in [0.1, 0.15) is 18.4 Å². The van der Waals surface area contributed by atoms with E-state index in [2.05, 4.69) is 15.9 Å². The van der Waals surface area contributed by atoms with Crippen LogP contribution in [0.15, 0.2) is 16.6 Å². The molecule has 94 valence electrons. The second kappa shape index (κ2) is 4.63. The third-order valence-corrected chi connectivity index (χ3v) is 3.71. The van der Waals surface area contributed by atoms with Gasteiger partial charge in [-0.05, 0) is 46.8 Å². The number of hydrogen-bond acceptors (Lipinski definition) is 2. The molecule has 1 aliphatic carbocycles. The summed E-state index contributed by atoms with van der Waals surface area (Å²) in [6, 6.07) is 2.43. The second-order valence-corrected chi connectivity index (χ2v) is 5.20. The summed E-state index contributed by atoms with van der Waals surface area (Å²) in [6.45, 7) is -0.109. The first-order valence-electron chi connectivity index (χ1n) is 5.36. The number of methoxy groups -OCH3 is 1. The molecule has 1 atom stereocenters. The van der Waals surface area contributed by atoms with E-state index < -0.39 is 17.2 Å². The number of halogens is 3. The molecule has 0 spiro atoms. The molecule has 1 fully saturated rings. The zero-order valence-corrected chi connectivity index (χ0v) is 10.9. The number of hydrogen-bond donors (Lipinski definition) is 1. The fourth-order valence-electron chi connectivity index (χ4n) is 2.10. The SMILES string of the molecule is COCC(O)(c1c(F)ccc(Br)c1F)C1CC1. The van der Waals surface area contributed by atoms with E-state index in [0.29, 0.717) is 0 Å². The van der Waals surface area contributed by atoms with E-state index in [1.807, 2.05) is 0 Å². The number of aliphatic hydroxyl groups is 1. The summed E-state index contributed by atoms with van der Waals surface area (Å²) in [5.41, 5.74) is -1.87. The Balaban J connectivity index is 2.52. The van der Waals surface area contributed by atoms with Crippen molar-refractivity contribution in [1.29, 1.82) is 0 Å². The van der Waals surface area contributed by atoms with Gasteiger partial charge in [0.25, 0.3) is 0 Å². The van der Waals surface area contributed by atoms with Gasteiger partial charge < -0.3 is 9.84 Å². The molecule has 1 aliphatic rings. The Morgan fingerprint density at radius 3 is 2.65 bits per heavy atom. The van der Waals surface area contributed by atoms with Crippen LogP contribution in [0.25, 0.3) is 0 Å². The topological polar surface area (TPSA) is 29.5 Å². The lowest BCUT2D eigenvalue weighted by Gasteiger charge is -2.29. The molecule has 0 radical (unpaired) electrons. The smallest absolute Gasteiger partial charge is 0.146 e. The van der Waals surface area contributed by atoms with Crippen molar-refractivity contribution in [2.45, 2.75) is 18.4 Å². The lowest BCUT2D eigenvalue weighted by Crippen LogP contribution is -2.36. The standard InChI is InChI=1S/C12H13BrF2O2/c1-17-6-12(16,7-2-3-7)10-9(14)5-4-8(13)11(10)15/h4-5,7,16H,2-3,6H2,1H3. The van der Waals surface area contributed by atoms with Crippen LogP contribution in [0.3, 0.4) is 0 Å². The highest BCUT2D eigenvalue weighted by Gasteiger charge is 2.48. The monoisotopic (exact) mass is 306 g/mol. The second-order valence-electron chi connectivity index (χ2n) is 4.35. The number of ether oxygens (including phenoxy) is 1. The molecule has 0 aliphatic heterocycles. The minimum atomic E-state index is -1.58. The van der Waals surface area contributed by atoms with Crippen LogP contribution < -0.4 is 0 Å². The van der Waals surface area contributed by atoms with Crippen molar-refractivity contribution in [2.24, 2.45) is 5.92 Å². The van der Waals surface area contributed by atoms with Gasteiger partial charge in [0.05, 0.1) is 16.6 Å². The van der Waals surface area contributed by atoms with E-state index >= 15 is 0 Å². The lowest BCUT2D eigenvalue weighted by atomic mass is 9.88. The first kappa shape index (κ1) is 12.9. The maximum absolute atomic E-state index is 14.0. The molecule has 1 aromatic rings. The molecule has 1 N–H and O–H groups in total. The van der Waals surface area contributed by atoms with E-state index in [1.165, 1.54) is 13.2 Å². The zero-order chi connectivity index (χ0) is 12.6. The van der Waals surface area contributed by atoms with Crippen molar-refractivity contribution in [3.63, 3.8) is 0 Å². The van der Waals surface area contributed by atoms with Gasteiger partial charge in [0.2, 0.25) is 0 Å². The fraction of sp³-hybridized carbons (Fsp3) is 0.500. The lowest BCUT2D eigenvalue weighted by molar-refractivity contribution is -0.0581. The Bertz CT molecular complexity index is 435. The average molecular weight is 307 g/mol. The summed E-state index contributed by atoms with van der Waals surface area (Å²) < 4.78 is 32.8. The molecule has 1 aromatic carbocycles. The Kier molecular flexibility index (Phi) is 3.52. The first-order chi connectivity index (χ1) is 8.00. The van der Waals surface area contributed by atoms with Crippen LogP contribution in [-0.2, 0) is 10.3 Å². The van der Waals surface area contributed by atoms with Crippen LogP contribution in [-0.4, -0.2) is 18.8 Å². The van der Waals surface area contributed by atoms with Gasteiger partial charge in [-0.1, -0.05) is 0 Å². The third-order valence-electron chi connectivity index (χ3n) is 3.09. The highest BCUT2D eigenvalue weighted by molar-refractivity contribution is 9.10. The molecular formula is C12H13BrF2O2. The first-order valence-corrected chi connectivity index (χ1v) is 6.15. The summed E-state index contributed by atoms with van der Waals surface area (Å²) in [5.74, 6) is -1.63. The fourth-order valence-corrected chi connectivity index (χ4v) is 2.43. The minimum Gasteiger partial charge on any atom is -0.382 e. The highest BCUT2D eigenvalue weighted by Crippen LogP contribution is 2.47. The van der Waals surface area contributed by atoms with Crippen molar-refractivity contribution < 1.29 is 18.6 Å². The number of rotatable bonds is 4. The molecule has 0 amide bonds. The van der Waals surface area contributed by atoms with Crippen molar-refractivity contribution in [3.8, 4) is 0 Å². The van der Waals surface area contributed by atoms with Gasteiger partial charge >= 0.3 is 0 Å². The van der Waals surface area contributed by atoms with Crippen molar-refractivity contribution in [1.82, 2.24) is 0 Å². The largest absolute Gasteiger partial charge is 0.382 e. The van der Waals surface area contributed by atoms with Gasteiger partial charge in [-0.15, -0.1) is 0 Å². The van der Waals surface area contributed by atoms with E-state index in [-0.39, 0.29) is 22.6 Å². The van der Waals surface area contributed by atoms with Crippen LogP contribution in [0.5, 0.6) is 0 Å². The van der Waals surface area contributed by atoms with E-state index in [1.54, 1.807) is 0 Å². The molecule has 2 nitrogen and oxygen atoms in total. The van der Waals surface area contributed by atoms with Crippen molar-refractivity contribution in [2.75, 3.05) is 13.7 Å². The van der Waals surface area contributed by atoms with Crippen molar-refractivity contribution in [3.05, 3.63) is 33.8 Å². The Morgan fingerprint density at radius 1 is 1.47 bits per heavy atom. The summed E-state index contributed by atoms with van der Waals surface area (Å²) in [5, 5.41) is 10.5. The van der Waals surface area contributed by atoms with Crippen LogP contribution in [0, 0.1) is 17.6 Å². The molecule has 0 aromatic heterocycles. The molecule has 0 saturated heterocycles. The van der Waals surface area contributed by atoms with Gasteiger partial charge in [-0.2, -0.15) is 0 Å². The number of benzene rings is 1. The highest BCUT2D eigenvalue weighted by atomic mass is 79.9. The molecule has 17 heavy (non-hydrogen) atoms. The Hall–Kier alpha value is -0.520. The minimum absolute atomic E-state index is 0.109. The molecule has 5 heteroatoms. The molecular weight excluding hydrogens is 294 g/mol. The summed E-state index contributed by atoms with van der Waals surface area (Å²) in [4.78, 5) is 0. The summed E-state index contributed by atoms with van der Waals surface area (Å²) >= 11 is 3.00. The maximum atomic E-state index is 14.0. The van der Waals surface area contributed by atoms with Gasteiger partial charge in [0, 0.05) is 7.11 Å². The molecule has 0 heterocycles. The van der Waals surface area contributed by atoms with E-state index in [9.17, 15) is 13.9 Å². The third kappa shape index (κ3) is 2.23. The Morgan fingerprint density at radius 2 is 2.12 bits per heavy atom. The van der Waals surface area contributed by atoms with Crippen LogP contribution >= 0.6 is 15.9 Å².